The van der Waals surface area contributed by atoms with Crippen LogP contribution in [0.15, 0.2) is 18.2 Å². The fraction of sp³-hybridized carbons (Fsp3) is 0.500. The van der Waals surface area contributed by atoms with E-state index in [1.54, 1.807) is 12.1 Å². The summed E-state index contributed by atoms with van der Waals surface area (Å²) in [4.78, 5) is 23.9. The number of nitrogens with one attached hydrogen (secondary N) is 1. The summed E-state index contributed by atoms with van der Waals surface area (Å²) < 4.78 is 0. The zero-order valence-electron chi connectivity index (χ0n) is 12.0. The molecule has 1 aromatic carbocycles. The van der Waals surface area contributed by atoms with Crippen LogP contribution in [0.1, 0.15) is 37.7 Å². The lowest BCUT2D eigenvalue weighted by atomic mass is 9.63. The quantitative estimate of drug-likeness (QED) is 0.862. The molecule has 0 atom stereocenters. The summed E-state index contributed by atoms with van der Waals surface area (Å²) in [6, 6.07) is 5.27. The number of carbonyl (C=O) groups is 2. The van der Waals surface area contributed by atoms with Gasteiger partial charge in [0.15, 0.2) is 0 Å². The molecular weight excluding hydrogens is 325 g/mol. The number of carboxylic acid groups (broad SMARTS) is 1. The molecular formula is C16H17Cl2NO3. The molecule has 3 rings (SSSR count). The van der Waals surface area contributed by atoms with Crippen LogP contribution in [-0.2, 0) is 15.0 Å². The molecule has 2 saturated carbocycles. The summed E-state index contributed by atoms with van der Waals surface area (Å²) in [6.07, 6.45) is 3.72. The second kappa shape index (κ2) is 5.43. The highest BCUT2D eigenvalue weighted by Crippen LogP contribution is 2.47. The van der Waals surface area contributed by atoms with Gasteiger partial charge < -0.3 is 10.4 Å². The number of halogens is 2. The van der Waals surface area contributed by atoms with Crippen molar-refractivity contribution in [3.05, 3.63) is 33.8 Å². The van der Waals surface area contributed by atoms with E-state index < -0.39 is 16.8 Å². The van der Waals surface area contributed by atoms with Gasteiger partial charge >= 0.3 is 5.97 Å². The van der Waals surface area contributed by atoms with Crippen molar-refractivity contribution >= 4 is 35.1 Å². The molecule has 2 N–H and O–H groups in total. The number of benzene rings is 1. The molecule has 0 aromatic heterocycles. The number of aliphatic carboxylic acids is 1. The van der Waals surface area contributed by atoms with Gasteiger partial charge in [0.05, 0.1) is 20.9 Å². The Hall–Kier alpha value is -1.26. The molecule has 2 aliphatic carbocycles. The topological polar surface area (TPSA) is 66.4 Å². The van der Waals surface area contributed by atoms with E-state index in [9.17, 15) is 14.7 Å². The molecule has 22 heavy (non-hydrogen) atoms. The molecule has 118 valence electrons. The van der Waals surface area contributed by atoms with E-state index in [1.807, 2.05) is 6.07 Å². The zero-order chi connectivity index (χ0) is 16.0. The smallest absolute Gasteiger partial charge is 0.311 e. The Morgan fingerprint density at radius 2 is 1.82 bits per heavy atom. The van der Waals surface area contributed by atoms with Gasteiger partial charge in [-0.1, -0.05) is 35.7 Å². The average molecular weight is 342 g/mol. The fourth-order valence-corrected chi connectivity index (χ4v) is 3.30. The number of rotatable bonds is 5. The molecule has 0 saturated heterocycles. The first-order valence-corrected chi connectivity index (χ1v) is 8.13. The maximum absolute atomic E-state index is 12.7. The Kier molecular flexibility index (Phi) is 3.86. The van der Waals surface area contributed by atoms with E-state index in [-0.39, 0.29) is 12.5 Å². The molecule has 0 unspecified atom stereocenters. The third-order valence-electron chi connectivity index (χ3n) is 5.01. The van der Waals surface area contributed by atoms with Gasteiger partial charge in [-0.25, -0.2) is 0 Å². The van der Waals surface area contributed by atoms with Crippen molar-refractivity contribution in [3.8, 4) is 0 Å². The van der Waals surface area contributed by atoms with Crippen LogP contribution < -0.4 is 5.32 Å². The second-order valence-corrected chi connectivity index (χ2v) is 7.15. The van der Waals surface area contributed by atoms with E-state index >= 15 is 0 Å². The van der Waals surface area contributed by atoms with Gasteiger partial charge in [-0.05, 0) is 43.4 Å². The first-order valence-electron chi connectivity index (χ1n) is 7.37. The Bertz CT molecular complexity index is 636. The van der Waals surface area contributed by atoms with E-state index in [0.29, 0.717) is 22.9 Å². The van der Waals surface area contributed by atoms with Gasteiger partial charge in [0.25, 0.3) is 0 Å². The lowest BCUT2D eigenvalue weighted by Gasteiger charge is -2.41. The highest BCUT2D eigenvalue weighted by atomic mass is 35.5. The molecule has 0 spiro atoms. The summed E-state index contributed by atoms with van der Waals surface area (Å²) in [6.45, 7) is 0.199. The number of hydrogen-bond acceptors (Lipinski definition) is 2. The molecule has 0 radical (unpaired) electrons. The predicted molar refractivity (Wildman–Crippen MR) is 84.3 cm³/mol. The van der Waals surface area contributed by atoms with Crippen LogP contribution in [0.3, 0.4) is 0 Å². The van der Waals surface area contributed by atoms with E-state index in [0.717, 1.165) is 24.8 Å². The predicted octanol–water partition coefficient (Wildman–Crippen LogP) is 3.40. The van der Waals surface area contributed by atoms with Gasteiger partial charge in [0, 0.05) is 6.54 Å². The third kappa shape index (κ3) is 2.48. The van der Waals surface area contributed by atoms with Gasteiger partial charge in [-0.2, -0.15) is 0 Å². The standard InChI is InChI=1S/C16H17Cl2NO3/c17-11-3-2-10(8-12(11)18)16(4-1-5-16)13(20)19-9-15(6-7-15)14(21)22/h2-3,8H,1,4-7,9H2,(H,19,20)(H,21,22). The van der Waals surface area contributed by atoms with E-state index in [2.05, 4.69) is 5.32 Å². The summed E-state index contributed by atoms with van der Waals surface area (Å²) in [5.41, 5.74) is -0.494. The highest BCUT2D eigenvalue weighted by Gasteiger charge is 2.52. The van der Waals surface area contributed by atoms with Crippen LogP contribution in [0.4, 0.5) is 0 Å². The first-order chi connectivity index (χ1) is 10.4. The van der Waals surface area contributed by atoms with Crippen LogP contribution in [0.5, 0.6) is 0 Å². The van der Waals surface area contributed by atoms with Crippen molar-refractivity contribution in [1.29, 1.82) is 0 Å². The lowest BCUT2D eigenvalue weighted by Crippen LogP contribution is -2.51. The minimum atomic E-state index is -0.829. The SMILES string of the molecule is O=C(O)C1(CNC(=O)C2(c3ccc(Cl)c(Cl)c3)CCC2)CC1. The highest BCUT2D eigenvalue weighted by molar-refractivity contribution is 6.42. The zero-order valence-corrected chi connectivity index (χ0v) is 13.5. The van der Waals surface area contributed by atoms with Crippen molar-refractivity contribution < 1.29 is 14.7 Å². The van der Waals surface area contributed by atoms with Crippen LogP contribution in [0.2, 0.25) is 10.0 Å². The van der Waals surface area contributed by atoms with Crippen molar-refractivity contribution in [2.45, 2.75) is 37.5 Å². The van der Waals surface area contributed by atoms with E-state index in [4.69, 9.17) is 23.2 Å². The van der Waals surface area contributed by atoms with Gasteiger partial charge in [-0.15, -0.1) is 0 Å². The van der Waals surface area contributed by atoms with Crippen LogP contribution in [0, 0.1) is 5.41 Å². The largest absolute Gasteiger partial charge is 0.481 e. The number of carbonyl (C=O) groups excluding carboxylic acids is 1. The Morgan fingerprint density at radius 1 is 1.14 bits per heavy atom. The molecule has 1 aromatic rings. The molecule has 2 aliphatic rings. The van der Waals surface area contributed by atoms with Crippen molar-refractivity contribution in [1.82, 2.24) is 5.32 Å². The molecule has 2 fully saturated rings. The summed E-state index contributed by atoms with van der Waals surface area (Å²) in [5, 5.41) is 12.9. The molecule has 0 bridgehead atoms. The third-order valence-corrected chi connectivity index (χ3v) is 5.75. The summed E-state index contributed by atoms with van der Waals surface area (Å²) >= 11 is 12.0. The first kappa shape index (κ1) is 15.6. The Morgan fingerprint density at radius 3 is 2.27 bits per heavy atom. The van der Waals surface area contributed by atoms with Gasteiger partial charge in [0.1, 0.15) is 0 Å². The summed E-state index contributed by atoms with van der Waals surface area (Å²) in [5.74, 6) is -0.935. The number of hydrogen-bond donors (Lipinski definition) is 2. The minimum Gasteiger partial charge on any atom is -0.481 e. The Balaban J connectivity index is 1.76. The minimum absolute atomic E-state index is 0.107. The van der Waals surface area contributed by atoms with Crippen molar-refractivity contribution in [3.63, 3.8) is 0 Å². The Labute approximate surface area is 138 Å². The van der Waals surface area contributed by atoms with E-state index in [1.165, 1.54) is 0 Å². The van der Waals surface area contributed by atoms with Crippen LogP contribution in [0.25, 0.3) is 0 Å². The maximum atomic E-state index is 12.7. The van der Waals surface area contributed by atoms with Crippen LogP contribution in [-0.4, -0.2) is 23.5 Å². The number of carboxylic acids is 1. The fourth-order valence-electron chi connectivity index (χ4n) is 3.01. The van der Waals surface area contributed by atoms with Gasteiger partial charge in [-0.3, -0.25) is 9.59 Å². The monoisotopic (exact) mass is 341 g/mol. The lowest BCUT2D eigenvalue weighted by molar-refractivity contribution is -0.143. The van der Waals surface area contributed by atoms with Crippen molar-refractivity contribution in [2.75, 3.05) is 6.54 Å². The van der Waals surface area contributed by atoms with Crippen molar-refractivity contribution in [2.24, 2.45) is 5.41 Å². The molecule has 1 amide bonds. The van der Waals surface area contributed by atoms with Gasteiger partial charge in [0.2, 0.25) is 5.91 Å². The number of amides is 1. The molecule has 6 heteroatoms. The average Bonchev–Trinajstić information content (AvgIpc) is 3.20. The molecule has 4 nitrogen and oxygen atoms in total. The maximum Gasteiger partial charge on any atom is 0.311 e. The molecule has 0 heterocycles. The molecule has 0 aliphatic heterocycles. The van der Waals surface area contributed by atoms with Crippen LogP contribution >= 0.6 is 23.2 Å². The normalized spacial score (nSPS) is 20.8. The second-order valence-electron chi connectivity index (χ2n) is 6.33. The summed E-state index contributed by atoms with van der Waals surface area (Å²) in [7, 11) is 0.